The van der Waals surface area contributed by atoms with Gasteiger partial charge in [0.1, 0.15) is 5.75 Å². The summed E-state index contributed by atoms with van der Waals surface area (Å²) in [5, 5.41) is 0. The number of ether oxygens (including phenoxy) is 2. The second-order valence-electron chi connectivity index (χ2n) is 7.19. The Kier molecular flexibility index (Phi) is 10.1. The number of hydrogen-bond donors (Lipinski definition) is 2. The van der Waals surface area contributed by atoms with Gasteiger partial charge in [-0.2, -0.15) is 0 Å². The maximum atomic E-state index is 11.9. The largest absolute Gasteiger partial charge is 0.483 e. The van der Waals surface area contributed by atoms with Crippen LogP contribution < -0.4 is 15.6 Å². The van der Waals surface area contributed by atoms with Gasteiger partial charge in [0, 0.05) is 12.8 Å². The minimum absolute atomic E-state index is 0.0602. The van der Waals surface area contributed by atoms with Crippen molar-refractivity contribution < 1.29 is 23.9 Å². The van der Waals surface area contributed by atoms with Crippen molar-refractivity contribution in [3.63, 3.8) is 0 Å². The molecule has 2 rings (SSSR count). The van der Waals surface area contributed by atoms with Gasteiger partial charge >= 0.3 is 5.97 Å². The van der Waals surface area contributed by atoms with Crippen LogP contribution in [0.4, 0.5) is 0 Å². The third-order valence-corrected chi connectivity index (χ3v) is 4.82. The summed E-state index contributed by atoms with van der Waals surface area (Å²) >= 11 is 0. The van der Waals surface area contributed by atoms with Crippen LogP contribution in [0.2, 0.25) is 0 Å². The standard InChI is InChI=1S/C24H30N2O5/c1-3-18(2)20-11-7-8-12-21(20)31-17-23(28)26-25-22(27)13-14-24(29)30-16-15-19-9-5-4-6-10-19/h4-12,18H,3,13-17H2,1-2H3,(H,25,27)(H,26,28). The van der Waals surface area contributed by atoms with Crippen LogP contribution in [0.25, 0.3) is 0 Å². The van der Waals surface area contributed by atoms with Crippen LogP contribution in [0, 0.1) is 0 Å². The third kappa shape index (κ3) is 8.90. The molecule has 0 aromatic heterocycles. The van der Waals surface area contributed by atoms with E-state index in [1.807, 2.05) is 54.6 Å². The molecule has 31 heavy (non-hydrogen) atoms. The lowest BCUT2D eigenvalue weighted by atomic mass is 9.98. The Labute approximate surface area is 183 Å². The Balaban J connectivity index is 1.61. The SMILES string of the molecule is CCC(C)c1ccccc1OCC(=O)NNC(=O)CCC(=O)OCCc1ccccc1. The third-order valence-electron chi connectivity index (χ3n) is 4.82. The van der Waals surface area contributed by atoms with Crippen LogP contribution in [0.5, 0.6) is 5.75 Å². The summed E-state index contributed by atoms with van der Waals surface area (Å²) in [4.78, 5) is 35.5. The van der Waals surface area contributed by atoms with E-state index >= 15 is 0 Å². The summed E-state index contributed by atoms with van der Waals surface area (Å²) in [6.45, 7) is 4.21. The molecule has 0 aliphatic heterocycles. The second kappa shape index (κ2) is 13.1. The lowest BCUT2D eigenvalue weighted by Crippen LogP contribution is -2.44. The number of rotatable bonds is 11. The normalized spacial score (nSPS) is 11.3. The van der Waals surface area contributed by atoms with E-state index in [0.717, 1.165) is 17.5 Å². The summed E-state index contributed by atoms with van der Waals surface area (Å²) in [5.41, 5.74) is 6.68. The summed E-state index contributed by atoms with van der Waals surface area (Å²) in [5.74, 6) is -0.462. The van der Waals surface area contributed by atoms with E-state index in [1.54, 1.807) is 0 Å². The maximum Gasteiger partial charge on any atom is 0.306 e. The van der Waals surface area contributed by atoms with Gasteiger partial charge < -0.3 is 9.47 Å². The minimum atomic E-state index is -0.488. The molecule has 2 N–H and O–H groups in total. The van der Waals surface area contributed by atoms with Crippen molar-refractivity contribution in [3.05, 3.63) is 65.7 Å². The molecule has 2 amide bonds. The fraction of sp³-hybridized carbons (Fsp3) is 0.375. The number of hydrazine groups is 1. The van der Waals surface area contributed by atoms with Crippen LogP contribution in [-0.2, 0) is 25.5 Å². The zero-order chi connectivity index (χ0) is 22.5. The monoisotopic (exact) mass is 426 g/mol. The molecule has 0 bridgehead atoms. The van der Waals surface area contributed by atoms with Crippen LogP contribution in [0.1, 0.15) is 50.2 Å². The average Bonchev–Trinajstić information content (AvgIpc) is 2.80. The summed E-state index contributed by atoms with van der Waals surface area (Å²) in [6, 6.07) is 17.2. The van der Waals surface area contributed by atoms with Gasteiger partial charge in [0.25, 0.3) is 5.91 Å². The zero-order valence-corrected chi connectivity index (χ0v) is 18.1. The van der Waals surface area contributed by atoms with E-state index in [0.29, 0.717) is 18.1 Å². The molecular weight excluding hydrogens is 396 g/mol. The van der Waals surface area contributed by atoms with Gasteiger partial charge in [-0.3, -0.25) is 25.2 Å². The first kappa shape index (κ1) is 23.9. The van der Waals surface area contributed by atoms with Crippen LogP contribution in [0.15, 0.2) is 54.6 Å². The Morgan fingerprint density at radius 3 is 2.32 bits per heavy atom. The summed E-state index contributed by atoms with van der Waals surface area (Å²) < 4.78 is 10.7. The van der Waals surface area contributed by atoms with E-state index in [2.05, 4.69) is 24.7 Å². The Morgan fingerprint density at radius 1 is 0.903 bits per heavy atom. The highest BCUT2D eigenvalue weighted by atomic mass is 16.5. The molecule has 2 aromatic carbocycles. The molecular formula is C24H30N2O5. The van der Waals surface area contributed by atoms with Crippen molar-refractivity contribution in [2.45, 2.75) is 45.4 Å². The molecule has 1 unspecified atom stereocenters. The molecule has 7 nitrogen and oxygen atoms in total. The topological polar surface area (TPSA) is 93.7 Å². The molecule has 0 aliphatic rings. The van der Waals surface area contributed by atoms with Crippen molar-refractivity contribution in [2.75, 3.05) is 13.2 Å². The van der Waals surface area contributed by atoms with E-state index in [-0.39, 0.29) is 26.1 Å². The highest BCUT2D eigenvalue weighted by Gasteiger charge is 2.12. The number of nitrogens with one attached hydrogen (secondary N) is 2. The first-order chi connectivity index (χ1) is 15.0. The highest BCUT2D eigenvalue weighted by molar-refractivity contribution is 5.84. The number of carbonyl (C=O) groups is 3. The average molecular weight is 427 g/mol. The molecule has 0 saturated heterocycles. The molecule has 0 spiro atoms. The molecule has 166 valence electrons. The van der Waals surface area contributed by atoms with E-state index in [9.17, 15) is 14.4 Å². The number of amides is 2. The van der Waals surface area contributed by atoms with Gasteiger partial charge in [-0.1, -0.05) is 62.4 Å². The highest BCUT2D eigenvalue weighted by Crippen LogP contribution is 2.28. The van der Waals surface area contributed by atoms with E-state index in [4.69, 9.17) is 9.47 Å². The fourth-order valence-corrected chi connectivity index (χ4v) is 2.84. The zero-order valence-electron chi connectivity index (χ0n) is 18.1. The van der Waals surface area contributed by atoms with Crippen LogP contribution in [-0.4, -0.2) is 31.0 Å². The number of para-hydroxylation sites is 1. The Bertz CT molecular complexity index is 854. The van der Waals surface area contributed by atoms with Gasteiger partial charge in [-0.05, 0) is 29.5 Å². The van der Waals surface area contributed by atoms with Crippen LogP contribution in [0.3, 0.4) is 0 Å². The van der Waals surface area contributed by atoms with Gasteiger partial charge in [0.2, 0.25) is 5.91 Å². The molecule has 2 aromatic rings. The molecule has 0 saturated carbocycles. The Hall–Kier alpha value is -3.35. The van der Waals surface area contributed by atoms with Crippen molar-refractivity contribution in [3.8, 4) is 5.75 Å². The Morgan fingerprint density at radius 2 is 1.58 bits per heavy atom. The predicted octanol–water partition coefficient (Wildman–Crippen LogP) is 3.29. The number of carbonyl (C=O) groups excluding carboxylic acids is 3. The molecule has 0 radical (unpaired) electrons. The molecule has 1 atom stereocenters. The second-order valence-corrected chi connectivity index (χ2v) is 7.19. The number of benzene rings is 2. The first-order valence-electron chi connectivity index (χ1n) is 10.5. The molecule has 0 heterocycles. The van der Waals surface area contributed by atoms with Crippen molar-refractivity contribution in [1.29, 1.82) is 0 Å². The number of esters is 1. The molecule has 7 heteroatoms. The fourth-order valence-electron chi connectivity index (χ4n) is 2.84. The van der Waals surface area contributed by atoms with Crippen LogP contribution >= 0.6 is 0 Å². The van der Waals surface area contributed by atoms with Crippen molar-refractivity contribution >= 4 is 17.8 Å². The summed E-state index contributed by atoms with van der Waals surface area (Å²) in [6.07, 6.45) is 1.43. The maximum absolute atomic E-state index is 11.9. The summed E-state index contributed by atoms with van der Waals surface area (Å²) in [7, 11) is 0. The van der Waals surface area contributed by atoms with Gasteiger partial charge in [0.05, 0.1) is 13.0 Å². The lowest BCUT2D eigenvalue weighted by Gasteiger charge is -2.15. The van der Waals surface area contributed by atoms with E-state index < -0.39 is 17.8 Å². The van der Waals surface area contributed by atoms with Crippen molar-refractivity contribution in [2.24, 2.45) is 0 Å². The first-order valence-corrected chi connectivity index (χ1v) is 10.5. The molecule has 0 fully saturated rings. The van der Waals surface area contributed by atoms with Gasteiger partial charge in [0.15, 0.2) is 6.61 Å². The van der Waals surface area contributed by atoms with Crippen molar-refractivity contribution in [1.82, 2.24) is 10.9 Å². The van der Waals surface area contributed by atoms with Gasteiger partial charge in [-0.15, -0.1) is 0 Å². The van der Waals surface area contributed by atoms with Gasteiger partial charge in [-0.25, -0.2) is 0 Å². The van der Waals surface area contributed by atoms with E-state index in [1.165, 1.54) is 0 Å². The molecule has 0 aliphatic carbocycles. The lowest BCUT2D eigenvalue weighted by molar-refractivity contribution is -0.145. The number of hydrogen-bond acceptors (Lipinski definition) is 5. The minimum Gasteiger partial charge on any atom is -0.483 e. The predicted molar refractivity (Wildman–Crippen MR) is 117 cm³/mol. The smallest absolute Gasteiger partial charge is 0.306 e. The quantitative estimate of drug-likeness (QED) is 0.425.